The Morgan fingerprint density at radius 2 is 2.23 bits per heavy atom. The Bertz CT molecular complexity index is 359. The summed E-state index contributed by atoms with van der Waals surface area (Å²) < 4.78 is 12.9. The van der Waals surface area contributed by atoms with Crippen molar-refractivity contribution in [1.29, 1.82) is 0 Å². The molecule has 0 aliphatic rings. The second kappa shape index (κ2) is 3.85. The van der Waals surface area contributed by atoms with E-state index in [-0.39, 0.29) is 10.7 Å². The van der Waals surface area contributed by atoms with Gasteiger partial charge in [0.15, 0.2) is 0 Å². The Morgan fingerprint density at radius 3 is 2.77 bits per heavy atom. The van der Waals surface area contributed by atoms with Crippen LogP contribution in [-0.2, 0) is 0 Å². The van der Waals surface area contributed by atoms with Crippen molar-refractivity contribution in [3.8, 4) is 0 Å². The Morgan fingerprint density at radius 1 is 1.62 bits per heavy atom. The van der Waals surface area contributed by atoms with E-state index in [0.717, 1.165) is 6.07 Å². The number of hydrogen-bond acceptors (Lipinski definition) is 2. The van der Waals surface area contributed by atoms with Gasteiger partial charge < -0.3 is 5.11 Å². The molecule has 0 radical (unpaired) electrons. The Hall–Kier alpha value is -0.940. The topological polar surface area (TPSA) is 49.3 Å². The van der Waals surface area contributed by atoms with Crippen molar-refractivity contribution >= 4 is 36.0 Å². The summed E-state index contributed by atoms with van der Waals surface area (Å²) in [4.78, 5) is 10.5. The van der Waals surface area contributed by atoms with E-state index in [2.05, 4.69) is 12.6 Å². The second-order valence-corrected chi connectivity index (χ2v) is 3.10. The predicted molar refractivity (Wildman–Crippen MR) is 50.3 cm³/mol. The van der Waals surface area contributed by atoms with Crippen LogP contribution >= 0.6 is 24.2 Å². The molecule has 0 heterocycles. The Kier molecular flexibility index (Phi) is 3.00. The third-order valence-corrected chi connectivity index (χ3v) is 2.09. The molecule has 0 aliphatic heterocycles. The summed E-state index contributed by atoms with van der Waals surface area (Å²) in [7, 11) is 0. The van der Waals surface area contributed by atoms with Gasteiger partial charge in [-0.3, -0.25) is 5.32 Å². The minimum absolute atomic E-state index is 0.136. The molecule has 1 aromatic carbocycles. The molecule has 1 rings (SSSR count). The number of thiol groups is 1. The summed E-state index contributed by atoms with van der Waals surface area (Å²) in [6.07, 6.45) is -1.34. The average Bonchev–Trinajstić information content (AvgIpc) is 1.99. The van der Waals surface area contributed by atoms with Crippen LogP contribution < -0.4 is 5.32 Å². The number of benzene rings is 1. The summed E-state index contributed by atoms with van der Waals surface area (Å²) >= 11 is 9.44. The highest BCUT2D eigenvalue weighted by Crippen LogP contribution is 2.26. The molecule has 3 nitrogen and oxygen atoms in total. The van der Waals surface area contributed by atoms with E-state index >= 15 is 0 Å². The number of rotatable bonds is 1. The van der Waals surface area contributed by atoms with Gasteiger partial charge in [-0.15, -0.1) is 12.6 Å². The molecule has 2 N–H and O–H groups in total. The van der Waals surface area contributed by atoms with Gasteiger partial charge in [-0.05, 0) is 12.1 Å². The van der Waals surface area contributed by atoms with Crippen molar-refractivity contribution in [2.24, 2.45) is 0 Å². The van der Waals surface area contributed by atoms with E-state index in [0.29, 0.717) is 4.90 Å². The van der Waals surface area contributed by atoms with Gasteiger partial charge in [0.1, 0.15) is 5.82 Å². The normalized spacial score (nSPS) is 9.77. The maximum absolute atomic E-state index is 12.9. The van der Waals surface area contributed by atoms with Crippen molar-refractivity contribution in [3.05, 3.63) is 23.0 Å². The first kappa shape index (κ1) is 10.1. The molecule has 0 aromatic heterocycles. The van der Waals surface area contributed by atoms with Gasteiger partial charge in [-0.25, -0.2) is 9.18 Å². The number of halogens is 2. The molecule has 0 spiro atoms. The molecule has 1 aromatic rings. The second-order valence-electron chi connectivity index (χ2n) is 2.21. The van der Waals surface area contributed by atoms with Gasteiger partial charge in [0.25, 0.3) is 0 Å². The minimum atomic E-state index is -1.34. The van der Waals surface area contributed by atoms with E-state index in [1.54, 1.807) is 0 Å². The molecule has 1 amide bonds. The van der Waals surface area contributed by atoms with Gasteiger partial charge >= 0.3 is 6.09 Å². The van der Waals surface area contributed by atoms with Crippen LogP contribution in [-0.4, -0.2) is 11.2 Å². The number of amides is 1. The summed E-state index contributed by atoms with van der Waals surface area (Å²) in [6, 6.07) is 2.20. The van der Waals surface area contributed by atoms with Crippen LogP contribution in [0.3, 0.4) is 0 Å². The van der Waals surface area contributed by atoms with Gasteiger partial charge in [-0.2, -0.15) is 0 Å². The monoisotopic (exact) mass is 221 g/mol. The van der Waals surface area contributed by atoms with Crippen molar-refractivity contribution in [1.82, 2.24) is 0 Å². The molecular weight excluding hydrogens is 217 g/mol. The lowest BCUT2D eigenvalue weighted by Gasteiger charge is -2.04. The molecule has 6 heteroatoms. The summed E-state index contributed by atoms with van der Waals surface area (Å²) in [5.41, 5.74) is -0.165. The van der Waals surface area contributed by atoms with Crippen LogP contribution in [0, 0.1) is 5.82 Å². The maximum atomic E-state index is 12.9. The zero-order valence-corrected chi connectivity index (χ0v) is 7.86. The minimum Gasteiger partial charge on any atom is -0.465 e. The zero-order chi connectivity index (χ0) is 10.0. The average molecular weight is 222 g/mol. The molecular formula is C7H5ClFNO2S. The molecule has 0 bridgehead atoms. The molecule has 0 saturated heterocycles. The van der Waals surface area contributed by atoms with E-state index in [9.17, 15) is 9.18 Å². The van der Waals surface area contributed by atoms with Gasteiger partial charge in [0, 0.05) is 4.90 Å². The van der Waals surface area contributed by atoms with Crippen LogP contribution in [0.15, 0.2) is 17.0 Å². The number of anilines is 1. The van der Waals surface area contributed by atoms with Crippen molar-refractivity contribution in [2.45, 2.75) is 4.90 Å². The first-order valence-corrected chi connectivity index (χ1v) is 4.01. The molecule has 0 unspecified atom stereocenters. The van der Waals surface area contributed by atoms with Crippen LogP contribution in [0.25, 0.3) is 0 Å². The zero-order valence-electron chi connectivity index (χ0n) is 6.21. The molecule has 0 saturated carbocycles. The largest absolute Gasteiger partial charge is 0.465 e. The summed E-state index contributed by atoms with van der Waals surface area (Å²) in [5, 5.41) is 10.3. The van der Waals surface area contributed by atoms with Crippen molar-refractivity contribution < 1.29 is 14.3 Å². The molecule has 13 heavy (non-hydrogen) atoms. The standard InChI is InChI=1S/C7H5ClFNO2S/c8-3-1-4(9)5(2-6(3)13)10-7(11)12/h1-2,10,13H,(H,11,12). The van der Waals surface area contributed by atoms with Crippen LogP contribution in [0.5, 0.6) is 0 Å². The van der Waals surface area contributed by atoms with Crippen LogP contribution in [0.1, 0.15) is 0 Å². The lowest BCUT2D eigenvalue weighted by molar-refractivity contribution is 0.209. The highest BCUT2D eigenvalue weighted by molar-refractivity contribution is 7.80. The van der Waals surface area contributed by atoms with Gasteiger partial charge in [0.2, 0.25) is 0 Å². The Balaban J connectivity index is 3.08. The number of carboxylic acid groups (broad SMARTS) is 1. The highest BCUT2D eigenvalue weighted by atomic mass is 35.5. The lowest BCUT2D eigenvalue weighted by atomic mass is 10.3. The first-order valence-electron chi connectivity index (χ1n) is 3.18. The van der Waals surface area contributed by atoms with Gasteiger partial charge in [-0.1, -0.05) is 11.6 Å². The molecule has 70 valence electrons. The van der Waals surface area contributed by atoms with E-state index in [1.807, 2.05) is 5.32 Å². The SMILES string of the molecule is O=C(O)Nc1cc(S)c(Cl)cc1F. The smallest absolute Gasteiger partial charge is 0.409 e. The van der Waals surface area contributed by atoms with E-state index in [1.165, 1.54) is 6.07 Å². The van der Waals surface area contributed by atoms with Crippen LogP contribution in [0.4, 0.5) is 14.9 Å². The number of carbonyl (C=O) groups is 1. The predicted octanol–water partition coefficient (Wildman–Crippen LogP) is 2.86. The fourth-order valence-electron chi connectivity index (χ4n) is 0.749. The third-order valence-electron chi connectivity index (χ3n) is 1.28. The summed E-state index contributed by atoms with van der Waals surface area (Å²) in [6.45, 7) is 0. The van der Waals surface area contributed by atoms with Gasteiger partial charge in [0.05, 0.1) is 10.7 Å². The third kappa shape index (κ3) is 2.50. The lowest BCUT2D eigenvalue weighted by Crippen LogP contribution is -2.08. The number of nitrogens with one attached hydrogen (secondary N) is 1. The fraction of sp³-hybridized carbons (Fsp3) is 0. The van der Waals surface area contributed by atoms with Crippen LogP contribution in [0.2, 0.25) is 5.02 Å². The Labute approximate surface area is 83.9 Å². The highest BCUT2D eigenvalue weighted by Gasteiger charge is 2.08. The summed E-state index contributed by atoms with van der Waals surface area (Å²) in [5.74, 6) is -0.731. The van der Waals surface area contributed by atoms with E-state index < -0.39 is 11.9 Å². The molecule has 0 atom stereocenters. The van der Waals surface area contributed by atoms with E-state index in [4.69, 9.17) is 16.7 Å². The number of hydrogen-bond donors (Lipinski definition) is 3. The quantitative estimate of drug-likeness (QED) is 0.639. The first-order chi connectivity index (χ1) is 6.00. The maximum Gasteiger partial charge on any atom is 0.409 e. The van der Waals surface area contributed by atoms with Crippen molar-refractivity contribution in [2.75, 3.05) is 5.32 Å². The molecule has 0 aliphatic carbocycles. The van der Waals surface area contributed by atoms with Crippen molar-refractivity contribution in [3.63, 3.8) is 0 Å². The fourth-order valence-corrected chi connectivity index (χ4v) is 1.09. The molecule has 0 fully saturated rings.